The molecular weight excluding hydrogens is 332 g/mol. The van der Waals surface area contributed by atoms with E-state index >= 15 is 0 Å². The summed E-state index contributed by atoms with van der Waals surface area (Å²) in [6, 6.07) is 2.99. The van der Waals surface area contributed by atoms with Crippen LogP contribution in [0.3, 0.4) is 0 Å². The number of rotatable bonds is 2. The number of fused-ring (bicyclic) bond motifs is 1. The van der Waals surface area contributed by atoms with E-state index in [1.54, 1.807) is 6.92 Å². The van der Waals surface area contributed by atoms with Crippen molar-refractivity contribution in [3.63, 3.8) is 0 Å². The predicted octanol–water partition coefficient (Wildman–Crippen LogP) is 2.25. The molecule has 1 amide bonds. The molecule has 0 aliphatic carbocycles. The number of halogens is 1. The standard InChI is InChI=1S/C17H17ClN2O4/c1-8-5-9(2)19-16(23)11(8)7-20-4-3-10-12(21)6-13(22)15(18)14(10)17(20)24/h5-6,21-22H,3-4,7H2,1-2H3,(H,19,23). The molecule has 6 nitrogen and oxygen atoms in total. The number of benzene rings is 1. The average molecular weight is 349 g/mol. The van der Waals surface area contributed by atoms with Gasteiger partial charge in [-0.3, -0.25) is 9.59 Å². The predicted molar refractivity (Wildman–Crippen MR) is 89.8 cm³/mol. The van der Waals surface area contributed by atoms with E-state index in [1.807, 2.05) is 13.0 Å². The summed E-state index contributed by atoms with van der Waals surface area (Å²) >= 11 is 6.05. The number of pyridine rings is 1. The Hall–Kier alpha value is -2.47. The molecule has 0 spiro atoms. The lowest BCUT2D eigenvalue weighted by molar-refractivity contribution is 0.0724. The van der Waals surface area contributed by atoms with E-state index in [0.717, 1.165) is 17.3 Å². The van der Waals surface area contributed by atoms with Crippen LogP contribution in [0.2, 0.25) is 5.02 Å². The fraction of sp³-hybridized carbons (Fsp3) is 0.294. The lowest BCUT2D eigenvalue weighted by Crippen LogP contribution is -2.39. The largest absolute Gasteiger partial charge is 0.508 e. The Balaban J connectivity index is 2.00. The maximum absolute atomic E-state index is 12.7. The minimum atomic E-state index is -0.410. The van der Waals surface area contributed by atoms with Crippen molar-refractivity contribution < 1.29 is 15.0 Å². The van der Waals surface area contributed by atoms with Crippen LogP contribution in [0.15, 0.2) is 16.9 Å². The quantitative estimate of drug-likeness (QED) is 0.776. The summed E-state index contributed by atoms with van der Waals surface area (Å²) in [5.41, 5.74) is 2.37. The Morgan fingerprint density at radius 3 is 2.58 bits per heavy atom. The summed E-state index contributed by atoms with van der Waals surface area (Å²) in [5.74, 6) is -0.899. The van der Waals surface area contributed by atoms with Crippen LogP contribution in [0, 0.1) is 13.8 Å². The van der Waals surface area contributed by atoms with Gasteiger partial charge in [0.1, 0.15) is 11.5 Å². The van der Waals surface area contributed by atoms with E-state index in [1.165, 1.54) is 4.90 Å². The van der Waals surface area contributed by atoms with E-state index in [-0.39, 0.29) is 34.2 Å². The zero-order chi connectivity index (χ0) is 17.6. The van der Waals surface area contributed by atoms with Crippen LogP contribution in [-0.4, -0.2) is 32.5 Å². The van der Waals surface area contributed by atoms with E-state index in [4.69, 9.17) is 11.6 Å². The van der Waals surface area contributed by atoms with E-state index in [2.05, 4.69) is 4.98 Å². The van der Waals surface area contributed by atoms with E-state index in [9.17, 15) is 19.8 Å². The molecule has 2 aromatic rings. The molecule has 1 aliphatic heterocycles. The van der Waals surface area contributed by atoms with Gasteiger partial charge in [-0.25, -0.2) is 0 Å². The van der Waals surface area contributed by atoms with Crippen molar-refractivity contribution in [2.45, 2.75) is 26.8 Å². The van der Waals surface area contributed by atoms with Crippen molar-refractivity contribution in [2.75, 3.05) is 6.54 Å². The van der Waals surface area contributed by atoms with Crippen LogP contribution in [0.5, 0.6) is 11.5 Å². The first-order valence-electron chi connectivity index (χ1n) is 7.51. The van der Waals surface area contributed by atoms with Gasteiger partial charge in [-0.05, 0) is 31.9 Å². The highest BCUT2D eigenvalue weighted by Crippen LogP contribution is 2.39. The molecule has 3 rings (SSSR count). The number of carbonyl (C=O) groups excluding carboxylic acids is 1. The third-order valence-corrected chi connectivity index (χ3v) is 4.69. The second-order valence-electron chi connectivity index (χ2n) is 6.00. The first kappa shape index (κ1) is 16.4. The third kappa shape index (κ3) is 2.63. The normalized spacial score (nSPS) is 14.0. The number of aryl methyl sites for hydroxylation is 2. The molecule has 0 bridgehead atoms. The van der Waals surface area contributed by atoms with Gasteiger partial charge in [-0.1, -0.05) is 11.6 Å². The Morgan fingerprint density at radius 2 is 1.92 bits per heavy atom. The molecule has 1 aromatic carbocycles. The molecule has 7 heteroatoms. The Kier molecular flexibility index (Phi) is 4.01. The van der Waals surface area contributed by atoms with Gasteiger partial charge >= 0.3 is 0 Å². The molecule has 0 saturated carbocycles. The zero-order valence-corrected chi connectivity index (χ0v) is 14.1. The first-order chi connectivity index (χ1) is 11.3. The number of carbonyl (C=O) groups is 1. The Labute approximate surface area is 143 Å². The molecule has 24 heavy (non-hydrogen) atoms. The number of aromatic nitrogens is 1. The maximum atomic E-state index is 12.7. The summed E-state index contributed by atoms with van der Waals surface area (Å²) in [5, 5.41) is 19.6. The minimum absolute atomic E-state index is 0.0768. The van der Waals surface area contributed by atoms with Crippen molar-refractivity contribution >= 4 is 17.5 Å². The number of aromatic amines is 1. The van der Waals surface area contributed by atoms with Crippen molar-refractivity contribution in [3.8, 4) is 11.5 Å². The van der Waals surface area contributed by atoms with Gasteiger partial charge in [0.05, 0.1) is 17.1 Å². The first-order valence-corrected chi connectivity index (χ1v) is 7.89. The van der Waals surface area contributed by atoms with E-state index < -0.39 is 5.91 Å². The summed E-state index contributed by atoms with van der Waals surface area (Å²) in [7, 11) is 0. The lowest BCUT2D eigenvalue weighted by atomic mass is 9.96. The fourth-order valence-electron chi connectivity index (χ4n) is 3.07. The topological polar surface area (TPSA) is 93.6 Å². The molecule has 2 heterocycles. The number of nitrogens with zero attached hydrogens (tertiary/aromatic N) is 1. The van der Waals surface area contributed by atoms with Crippen molar-refractivity contribution in [3.05, 3.63) is 55.5 Å². The summed E-state index contributed by atoms with van der Waals surface area (Å²) < 4.78 is 0. The van der Waals surface area contributed by atoms with Crippen molar-refractivity contribution in [1.29, 1.82) is 0 Å². The summed E-state index contributed by atoms with van der Waals surface area (Å²) in [6.45, 7) is 4.12. The molecule has 0 fully saturated rings. The van der Waals surface area contributed by atoms with Crippen molar-refractivity contribution in [1.82, 2.24) is 9.88 Å². The fourth-order valence-corrected chi connectivity index (χ4v) is 3.32. The van der Waals surface area contributed by atoms with Gasteiger partial charge in [0.2, 0.25) is 0 Å². The number of hydrogen-bond acceptors (Lipinski definition) is 4. The molecule has 0 unspecified atom stereocenters. The van der Waals surface area contributed by atoms with Gasteiger partial charge in [0, 0.05) is 29.4 Å². The monoisotopic (exact) mass is 348 g/mol. The number of phenolic OH excluding ortho intramolecular Hbond substituents is 2. The molecule has 0 saturated heterocycles. The van der Waals surface area contributed by atoms with Gasteiger partial charge in [0.15, 0.2) is 0 Å². The van der Waals surface area contributed by atoms with Crippen LogP contribution < -0.4 is 5.56 Å². The second-order valence-corrected chi connectivity index (χ2v) is 6.38. The SMILES string of the molecule is Cc1cc(C)c(CN2CCc3c(O)cc(O)c(Cl)c3C2=O)c(=O)[nH]1. The van der Waals surface area contributed by atoms with Crippen LogP contribution in [0.4, 0.5) is 0 Å². The number of hydrogen-bond donors (Lipinski definition) is 3. The minimum Gasteiger partial charge on any atom is -0.508 e. The van der Waals surface area contributed by atoms with Gasteiger partial charge in [-0.2, -0.15) is 0 Å². The highest BCUT2D eigenvalue weighted by Gasteiger charge is 2.31. The van der Waals surface area contributed by atoms with Gasteiger partial charge in [0.25, 0.3) is 11.5 Å². The number of H-pyrrole nitrogens is 1. The highest BCUT2D eigenvalue weighted by atomic mass is 35.5. The molecule has 3 N–H and O–H groups in total. The smallest absolute Gasteiger partial charge is 0.256 e. The number of nitrogens with one attached hydrogen (secondary N) is 1. The van der Waals surface area contributed by atoms with Crippen molar-refractivity contribution in [2.24, 2.45) is 0 Å². The van der Waals surface area contributed by atoms with Crippen LogP contribution in [0.25, 0.3) is 0 Å². The number of amides is 1. The van der Waals surface area contributed by atoms with Gasteiger partial charge in [-0.15, -0.1) is 0 Å². The number of aromatic hydroxyl groups is 2. The van der Waals surface area contributed by atoms with Crippen LogP contribution >= 0.6 is 11.6 Å². The maximum Gasteiger partial charge on any atom is 0.256 e. The summed E-state index contributed by atoms with van der Waals surface area (Å²) in [4.78, 5) is 29.1. The second kappa shape index (κ2) is 5.87. The Bertz CT molecular complexity index is 904. The Morgan fingerprint density at radius 1 is 1.21 bits per heavy atom. The van der Waals surface area contributed by atoms with Crippen LogP contribution in [0.1, 0.15) is 32.7 Å². The molecule has 0 atom stereocenters. The molecule has 126 valence electrons. The summed E-state index contributed by atoms with van der Waals surface area (Å²) in [6.07, 6.45) is 0.399. The molecule has 1 aromatic heterocycles. The third-order valence-electron chi connectivity index (χ3n) is 4.30. The molecular formula is C17H17ClN2O4. The van der Waals surface area contributed by atoms with Crippen LogP contribution in [-0.2, 0) is 13.0 Å². The van der Waals surface area contributed by atoms with Gasteiger partial charge < -0.3 is 20.1 Å². The average Bonchev–Trinajstić information content (AvgIpc) is 2.49. The lowest BCUT2D eigenvalue weighted by Gasteiger charge is -2.30. The molecule has 0 radical (unpaired) electrons. The zero-order valence-electron chi connectivity index (χ0n) is 13.3. The van der Waals surface area contributed by atoms with E-state index in [0.29, 0.717) is 24.1 Å². The number of phenols is 2. The highest BCUT2D eigenvalue weighted by molar-refractivity contribution is 6.35. The molecule has 1 aliphatic rings.